The highest BCUT2D eigenvalue weighted by atomic mass is 79.9. The lowest BCUT2D eigenvalue weighted by Crippen LogP contribution is -2.07. The maximum atomic E-state index is 14.5. The van der Waals surface area contributed by atoms with Crippen molar-refractivity contribution in [1.82, 2.24) is 25.2 Å². The minimum atomic E-state index is -1.12. The maximum Gasteiger partial charge on any atom is 0.202 e. The summed E-state index contributed by atoms with van der Waals surface area (Å²) in [5, 5.41) is 11.1. The number of nitrogens with two attached hydrogens (primary N) is 1. The first kappa shape index (κ1) is 17.2. The van der Waals surface area contributed by atoms with E-state index >= 15 is 0 Å². The van der Waals surface area contributed by atoms with Gasteiger partial charge in [-0.05, 0) is 51.0 Å². The number of hydrogen-bond donors (Lipinski definition) is 1. The zero-order chi connectivity index (χ0) is 18.0. The predicted octanol–water partition coefficient (Wildman–Crippen LogP) is 3.14. The van der Waals surface area contributed by atoms with Crippen molar-refractivity contribution in [2.45, 2.75) is 13.3 Å². The van der Waals surface area contributed by atoms with Crippen molar-refractivity contribution in [2.75, 3.05) is 12.3 Å². The molecule has 0 aliphatic rings. The van der Waals surface area contributed by atoms with E-state index in [1.54, 1.807) is 6.07 Å². The molecule has 2 N–H and O–H groups in total. The summed E-state index contributed by atoms with van der Waals surface area (Å²) in [6.07, 6.45) is 2.18. The summed E-state index contributed by atoms with van der Waals surface area (Å²) in [4.78, 5) is 3.99. The number of halogens is 3. The van der Waals surface area contributed by atoms with E-state index in [-0.39, 0.29) is 29.7 Å². The van der Waals surface area contributed by atoms with Gasteiger partial charge < -0.3 is 10.5 Å². The minimum absolute atomic E-state index is 0.131. The maximum absolute atomic E-state index is 14.5. The summed E-state index contributed by atoms with van der Waals surface area (Å²) in [6.45, 7) is 2.15. The molecule has 130 valence electrons. The minimum Gasteiger partial charge on any atom is -0.490 e. The average molecular weight is 411 g/mol. The van der Waals surface area contributed by atoms with Gasteiger partial charge in [-0.1, -0.05) is 6.92 Å². The van der Waals surface area contributed by atoms with Crippen LogP contribution in [0.4, 0.5) is 14.6 Å². The van der Waals surface area contributed by atoms with Crippen LogP contribution in [-0.4, -0.2) is 31.8 Å². The van der Waals surface area contributed by atoms with Crippen LogP contribution in [0.25, 0.3) is 17.1 Å². The van der Waals surface area contributed by atoms with Crippen LogP contribution in [0.5, 0.6) is 5.75 Å². The Morgan fingerprint density at radius 1 is 1.28 bits per heavy atom. The van der Waals surface area contributed by atoms with Gasteiger partial charge in [-0.15, -0.1) is 5.10 Å². The smallest absolute Gasteiger partial charge is 0.202 e. The van der Waals surface area contributed by atoms with Gasteiger partial charge in [0.2, 0.25) is 5.82 Å². The zero-order valence-electron chi connectivity index (χ0n) is 13.1. The summed E-state index contributed by atoms with van der Waals surface area (Å²) < 4.78 is 35.6. The molecule has 0 radical (unpaired) electrons. The summed E-state index contributed by atoms with van der Waals surface area (Å²) in [7, 11) is 0. The number of nitrogen functional groups attached to an aromatic ring is 1. The molecule has 0 bridgehead atoms. The van der Waals surface area contributed by atoms with Crippen LogP contribution in [0, 0.1) is 11.6 Å². The largest absolute Gasteiger partial charge is 0.490 e. The van der Waals surface area contributed by atoms with E-state index < -0.39 is 11.6 Å². The molecule has 0 unspecified atom stereocenters. The normalized spacial score (nSPS) is 10.9. The van der Waals surface area contributed by atoms with Crippen LogP contribution in [0.2, 0.25) is 0 Å². The fraction of sp³-hybridized carbons (Fsp3) is 0.200. The Morgan fingerprint density at radius 3 is 2.84 bits per heavy atom. The summed E-state index contributed by atoms with van der Waals surface area (Å²) in [5.74, 6) is -2.10. The van der Waals surface area contributed by atoms with Gasteiger partial charge in [-0.3, -0.25) is 0 Å². The van der Waals surface area contributed by atoms with Gasteiger partial charge in [0.25, 0.3) is 0 Å². The number of benzene rings is 1. The second-order valence-corrected chi connectivity index (χ2v) is 5.98. The fourth-order valence-corrected chi connectivity index (χ4v) is 2.49. The molecule has 0 amide bonds. The van der Waals surface area contributed by atoms with Gasteiger partial charge in [-0.2, -0.15) is 9.07 Å². The van der Waals surface area contributed by atoms with Gasteiger partial charge in [0, 0.05) is 10.7 Å². The van der Waals surface area contributed by atoms with Crippen molar-refractivity contribution in [1.29, 1.82) is 0 Å². The first-order valence-corrected chi connectivity index (χ1v) is 8.13. The van der Waals surface area contributed by atoms with E-state index in [1.807, 2.05) is 6.92 Å². The van der Waals surface area contributed by atoms with Gasteiger partial charge in [0.15, 0.2) is 17.4 Å². The second kappa shape index (κ2) is 7.09. The number of pyridine rings is 1. The lowest BCUT2D eigenvalue weighted by molar-refractivity contribution is 0.295. The van der Waals surface area contributed by atoms with Crippen molar-refractivity contribution in [3.8, 4) is 22.8 Å². The summed E-state index contributed by atoms with van der Waals surface area (Å²) in [6, 6.07) is 4.31. The van der Waals surface area contributed by atoms with Crippen LogP contribution in [0.3, 0.4) is 0 Å². The van der Waals surface area contributed by atoms with Crippen LogP contribution >= 0.6 is 15.9 Å². The highest BCUT2D eigenvalue weighted by Gasteiger charge is 2.21. The van der Waals surface area contributed by atoms with Crippen LogP contribution in [0.1, 0.15) is 13.3 Å². The Labute approximate surface area is 149 Å². The Hall–Kier alpha value is -2.62. The lowest BCUT2D eigenvalue weighted by Gasteiger charge is -2.11. The zero-order valence-corrected chi connectivity index (χ0v) is 14.7. The van der Waals surface area contributed by atoms with E-state index in [9.17, 15) is 8.78 Å². The van der Waals surface area contributed by atoms with Crippen molar-refractivity contribution < 1.29 is 13.5 Å². The first-order valence-electron chi connectivity index (χ1n) is 7.33. The van der Waals surface area contributed by atoms with Gasteiger partial charge >= 0.3 is 0 Å². The molecule has 25 heavy (non-hydrogen) atoms. The van der Waals surface area contributed by atoms with E-state index in [0.29, 0.717) is 16.5 Å². The second-order valence-electron chi connectivity index (χ2n) is 5.06. The summed E-state index contributed by atoms with van der Waals surface area (Å²) in [5.41, 5.74) is 6.06. The Bertz CT molecular complexity index is 917. The number of aromatic nitrogens is 5. The number of ether oxygens (including phenoxy) is 1. The SMILES string of the molecule is CCCOc1ccc(-n2nnnc2-c2cc(Br)cnc2N)c(F)c1F. The quantitative estimate of drug-likeness (QED) is 0.694. The Balaban J connectivity index is 2.09. The van der Waals surface area contributed by atoms with Gasteiger partial charge in [-0.25, -0.2) is 9.37 Å². The monoisotopic (exact) mass is 410 g/mol. The van der Waals surface area contributed by atoms with Crippen molar-refractivity contribution in [3.63, 3.8) is 0 Å². The molecular weight excluding hydrogens is 398 g/mol. The van der Waals surface area contributed by atoms with Crippen LogP contribution in [0.15, 0.2) is 28.9 Å². The third-order valence-corrected chi connectivity index (χ3v) is 3.75. The molecule has 0 spiro atoms. The Kier molecular flexibility index (Phi) is 4.88. The lowest BCUT2D eigenvalue weighted by atomic mass is 10.2. The summed E-state index contributed by atoms with van der Waals surface area (Å²) >= 11 is 3.28. The van der Waals surface area contributed by atoms with E-state index in [0.717, 1.165) is 4.68 Å². The first-order chi connectivity index (χ1) is 12.0. The molecule has 0 saturated heterocycles. The number of tetrazole rings is 1. The predicted molar refractivity (Wildman–Crippen MR) is 90.2 cm³/mol. The van der Waals surface area contributed by atoms with Crippen molar-refractivity contribution in [3.05, 3.63) is 40.5 Å². The number of rotatable bonds is 5. The molecule has 10 heteroatoms. The molecule has 2 aromatic heterocycles. The Morgan fingerprint density at radius 2 is 2.08 bits per heavy atom. The van der Waals surface area contributed by atoms with Crippen LogP contribution < -0.4 is 10.5 Å². The van der Waals surface area contributed by atoms with Crippen molar-refractivity contribution >= 4 is 21.7 Å². The molecule has 3 rings (SSSR count). The molecule has 1 aromatic carbocycles. The van der Waals surface area contributed by atoms with Gasteiger partial charge in [0.05, 0.1) is 12.2 Å². The molecule has 3 aromatic rings. The van der Waals surface area contributed by atoms with Crippen LogP contribution in [-0.2, 0) is 0 Å². The van der Waals surface area contributed by atoms with E-state index in [1.165, 1.54) is 18.3 Å². The number of nitrogens with zero attached hydrogens (tertiary/aromatic N) is 5. The third-order valence-electron chi connectivity index (χ3n) is 3.31. The standard InChI is InChI=1S/C15H13BrF2N6O/c1-2-5-25-11-4-3-10(12(17)13(11)18)24-15(21-22-23-24)9-6-8(16)7-20-14(9)19/h3-4,6-7H,2,5H2,1H3,(H2,19,20). The average Bonchev–Trinajstić information content (AvgIpc) is 3.07. The molecule has 0 aliphatic heterocycles. The topological polar surface area (TPSA) is 91.7 Å². The number of hydrogen-bond acceptors (Lipinski definition) is 6. The third kappa shape index (κ3) is 3.29. The highest BCUT2D eigenvalue weighted by molar-refractivity contribution is 9.10. The highest BCUT2D eigenvalue weighted by Crippen LogP contribution is 2.30. The fourth-order valence-electron chi connectivity index (χ4n) is 2.15. The molecule has 7 nitrogen and oxygen atoms in total. The molecule has 2 heterocycles. The molecule has 0 saturated carbocycles. The molecule has 0 atom stereocenters. The molecule has 0 aliphatic carbocycles. The molecule has 0 fully saturated rings. The molecular formula is C15H13BrF2N6O. The van der Waals surface area contributed by atoms with Crippen molar-refractivity contribution in [2.24, 2.45) is 0 Å². The number of anilines is 1. The van der Waals surface area contributed by atoms with E-state index in [4.69, 9.17) is 10.5 Å². The van der Waals surface area contributed by atoms with Gasteiger partial charge in [0.1, 0.15) is 11.5 Å². The van der Waals surface area contributed by atoms with E-state index in [2.05, 4.69) is 36.4 Å².